The lowest BCUT2D eigenvalue weighted by Gasteiger charge is -2.12. The van der Waals surface area contributed by atoms with E-state index in [-0.39, 0.29) is 23.5 Å². The molecule has 0 radical (unpaired) electrons. The molecule has 1 atom stereocenters. The van der Waals surface area contributed by atoms with Crippen LogP contribution in [0.15, 0.2) is 18.2 Å². The summed E-state index contributed by atoms with van der Waals surface area (Å²) in [7, 11) is 0. The summed E-state index contributed by atoms with van der Waals surface area (Å²) >= 11 is 0. The molecule has 1 aromatic rings. The number of nitrogens with two attached hydrogens (primary N) is 2. The predicted octanol–water partition coefficient (Wildman–Crippen LogP) is 0.883. The van der Waals surface area contributed by atoms with Crippen LogP contribution in [0, 0.1) is 0 Å². The summed E-state index contributed by atoms with van der Waals surface area (Å²) in [5.74, 6) is -0.876. The minimum atomic E-state index is -3.70. The van der Waals surface area contributed by atoms with E-state index >= 15 is 0 Å². The number of primary amides is 1. The Morgan fingerprint density at radius 3 is 2.76 bits per heavy atom. The van der Waals surface area contributed by atoms with E-state index in [1.165, 1.54) is 18.2 Å². The number of para-hydroxylation sites is 1. The third kappa shape index (κ3) is 2.28. The van der Waals surface area contributed by atoms with E-state index in [1.807, 2.05) is 0 Å². The van der Waals surface area contributed by atoms with Gasteiger partial charge in [0.2, 0.25) is 5.91 Å². The van der Waals surface area contributed by atoms with Gasteiger partial charge >= 0.3 is 6.29 Å². The largest absolute Gasteiger partial charge is 0.586 e. The lowest BCUT2D eigenvalue weighted by Crippen LogP contribution is -2.26. The molecule has 5 nitrogen and oxygen atoms in total. The first-order valence-corrected chi connectivity index (χ1v) is 4.82. The Hall–Kier alpha value is -1.89. The fraction of sp³-hybridized carbons (Fsp3) is 0.300. The molecule has 1 amide bonds. The van der Waals surface area contributed by atoms with Crippen LogP contribution < -0.4 is 20.9 Å². The normalized spacial score (nSPS) is 17.8. The minimum Gasteiger partial charge on any atom is -0.395 e. The second kappa shape index (κ2) is 3.85. The summed E-state index contributed by atoms with van der Waals surface area (Å²) in [5, 5.41) is 0. The Bertz CT molecular complexity index is 465. The summed E-state index contributed by atoms with van der Waals surface area (Å²) in [6, 6.07) is 3.49. The molecule has 1 aliphatic heterocycles. The van der Waals surface area contributed by atoms with E-state index in [0.29, 0.717) is 0 Å². The molecule has 92 valence electrons. The van der Waals surface area contributed by atoms with E-state index in [1.54, 1.807) is 0 Å². The van der Waals surface area contributed by atoms with Crippen molar-refractivity contribution in [1.29, 1.82) is 0 Å². The third-order valence-electron chi connectivity index (χ3n) is 2.28. The van der Waals surface area contributed by atoms with Gasteiger partial charge in [0, 0.05) is 18.0 Å². The molecule has 0 aromatic heterocycles. The van der Waals surface area contributed by atoms with Gasteiger partial charge in [-0.25, -0.2) is 0 Å². The Balaban J connectivity index is 2.32. The number of alkyl halides is 2. The highest BCUT2D eigenvalue weighted by molar-refractivity contribution is 5.75. The number of amides is 1. The van der Waals surface area contributed by atoms with Crippen LogP contribution in [0.4, 0.5) is 8.78 Å². The highest BCUT2D eigenvalue weighted by atomic mass is 19.3. The van der Waals surface area contributed by atoms with Crippen molar-refractivity contribution < 1.29 is 23.0 Å². The first-order valence-electron chi connectivity index (χ1n) is 4.82. The molecule has 2 rings (SSSR count). The first-order chi connectivity index (χ1) is 7.89. The molecule has 0 aliphatic carbocycles. The number of fused-ring (bicyclic) bond motifs is 1. The number of ether oxygens (including phenoxy) is 2. The summed E-state index contributed by atoms with van der Waals surface area (Å²) in [6.07, 6.45) is -3.86. The highest BCUT2D eigenvalue weighted by Crippen LogP contribution is 2.45. The maximum absolute atomic E-state index is 12.9. The van der Waals surface area contributed by atoms with Crippen LogP contribution in [-0.2, 0) is 4.79 Å². The summed E-state index contributed by atoms with van der Waals surface area (Å²) in [4.78, 5) is 10.7. The topological polar surface area (TPSA) is 87.6 Å². The van der Waals surface area contributed by atoms with Crippen LogP contribution in [0.3, 0.4) is 0 Å². The smallest absolute Gasteiger partial charge is 0.395 e. The van der Waals surface area contributed by atoms with Crippen LogP contribution >= 0.6 is 0 Å². The molecule has 0 spiro atoms. The monoisotopic (exact) mass is 244 g/mol. The average molecular weight is 244 g/mol. The van der Waals surface area contributed by atoms with Crippen molar-refractivity contribution in [3.8, 4) is 11.5 Å². The summed E-state index contributed by atoms with van der Waals surface area (Å²) < 4.78 is 34.3. The van der Waals surface area contributed by atoms with Gasteiger partial charge in [0.1, 0.15) is 0 Å². The molecule has 0 saturated carbocycles. The van der Waals surface area contributed by atoms with Crippen LogP contribution in [0.5, 0.6) is 11.5 Å². The van der Waals surface area contributed by atoms with Crippen molar-refractivity contribution in [1.82, 2.24) is 0 Å². The fourth-order valence-corrected chi connectivity index (χ4v) is 1.61. The second-order valence-electron chi connectivity index (χ2n) is 3.62. The van der Waals surface area contributed by atoms with Crippen molar-refractivity contribution in [2.75, 3.05) is 0 Å². The molecule has 0 bridgehead atoms. The van der Waals surface area contributed by atoms with Gasteiger partial charge in [0.15, 0.2) is 11.5 Å². The van der Waals surface area contributed by atoms with Crippen LogP contribution in [0.25, 0.3) is 0 Å². The Morgan fingerprint density at radius 2 is 2.12 bits per heavy atom. The fourth-order valence-electron chi connectivity index (χ4n) is 1.61. The van der Waals surface area contributed by atoms with Gasteiger partial charge in [-0.15, -0.1) is 8.78 Å². The number of carbonyl (C=O) groups is 1. The average Bonchev–Trinajstić information content (AvgIpc) is 2.49. The van der Waals surface area contributed by atoms with Crippen molar-refractivity contribution in [2.45, 2.75) is 18.8 Å². The van der Waals surface area contributed by atoms with Crippen molar-refractivity contribution in [2.24, 2.45) is 11.5 Å². The first kappa shape index (κ1) is 11.6. The number of carbonyl (C=O) groups excluding carboxylic acids is 1. The number of benzene rings is 1. The molecule has 7 heteroatoms. The molecule has 0 fully saturated rings. The Kier molecular flexibility index (Phi) is 2.62. The van der Waals surface area contributed by atoms with E-state index in [9.17, 15) is 13.6 Å². The minimum absolute atomic E-state index is 0.104. The van der Waals surface area contributed by atoms with Crippen LogP contribution in [0.1, 0.15) is 18.0 Å². The van der Waals surface area contributed by atoms with Gasteiger partial charge in [0.05, 0.1) is 0 Å². The van der Waals surface area contributed by atoms with Crippen LogP contribution in [0.2, 0.25) is 0 Å². The van der Waals surface area contributed by atoms with Crippen molar-refractivity contribution >= 4 is 5.91 Å². The number of halogens is 2. The number of hydrogen-bond donors (Lipinski definition) is 2. The van der Waals surface area contributed by atoms with E-state index < -0.39 is 18.2 Å². The lowest BCUT2D eigenvalue weighted by molar-refractivity contribution is -0.287. The molecule has 0 saturated heterocycles. The quantitative estimate of drug-likeness (QED) is 0.826. The molecule has 17 heavy (non-hydrogen) atoms. The molecule has 1 heterocycles. The molecule has 4 N–H and O–H groups in total. The molecule has 1 aliphatic rings. The standard InChI is InChI=1S/C10H10F2N2O3/c11-10(12)16-7-3-1-2-5(9(7)17-10)6(13)4-8(14)15/h1-3,6H,4,13H2,(H2,14,15). The van der Waals surface area contributed by atoms with Gasteiger partial charge < -0.3 is 20.9 Å². The SMILES string of the molecule is NC(=O)CC(N)c1cccc2c1OC(F)(F)O2. The van der Waals surface area contributed by atoms with Gasteiger partial charge in [-0.2, -0.15) is 0 Å². The van der Waals surface area contributed by atoms with Gasteiger partial charge in [-0.3, -0.25) is 4.79 Å². The molecular formula is C10H10F2N2O3. The summed E-state index contributed by atoms with van der Waals surface area (Å²) in [6.45, 7) is 0. The molecule has 1 unspecified atom stereocenters. The van der Waals surface area contributed by atoms with E-state index in [2.05, 4.69) is 9.47 Å². The predicted molar refractivity (Wildman–Crippen MR) is 53.4 cm³/mol. The number of hydrogen-bond acceptors (Lipinski definition) is 4. The molecular weight excluding hydrogens is 234 g/mol. The summed E-state index contributed by atoms with van der Waals surface area (Å²) in [5.41, 5.74) is 10.9. The van der Waals surface area contributed by atoms with Crippen molar-refractivity contribution in [3.05, 3.63) is 23.8 Å². The maximum atomic E-state index is 12.9. The van der Waals surface area contributed by atoms with Gasteiger partial charge in [0.25, 0.3) is 0 Å². The van der Waals surface area contributed by atoms with E-state index in [4.69, 9.17) is 11.5 Å². The zero-order chi connectivity index (χ0) is 12.6. The zero-order valence-corrected chi connectivity index (χ0v) is 8.65. The second-order valence-corrected chi connectivity index (χ2v) is 3.62. The van der Waals surface area contributed by atoms with Gasteiger partial charge in [-0.1, -0.05) is 12.1 Å². The third-order valence-corrected chi connectivity index (χ3v) is 2.28. The number of rotatable bonds is 3. The lowest BCUT2D eigenvalue weighted by atomic mass is 10.0. The van der Waals surface area contributed by atoms with Crippen LogP contribution in [-0.4, -0.2) is 12.2 Å². The van der Waals surface area contributed by atoms with Crippen molar-refractivity contribution in [3.63, 3.8) is 0 Å². The Morgan fingerprint density at radius 1 is 1.41 bits per heavy atom. The highest BCUT2D eigenvalue weighted by Gasteiger charge is 2.44. The molecule has 1 aromatic carbocycles. The van der Waals surface area contributed by atoms with Gasteiger partial charge in [-0.05, 0) is 6.07 Å². The Labute approximate surface area is 95.3 Å². The maximum Gasteiger partial charge on any atom is 0.586 e. The zero-order valence-electron chi connectivity index (χ0n) is 8.65. The van der Waals surface area contributed by atoms with E-state index in [0.717, 1.165) is 0 Å².